The van der Waals surface area contributed by atoms with Crippen molar-refractivity contribution < 1.29 is 0 Å². The summed E-state index contributed by atoms with van der Waals surface area (Å²) in [6.45, 7) is 10.5. The van der Waals surface area contributed by atoms with Gasteiger partial charge in [0.2, 0.25) is 0 Å². The third-order valence-corrected chi connectivity index (χ3v) is 4.21. The lowest BCUT2D eigenvalue weighted by atomic mass is 9.99. The number of anilines is 1. The third-order valence-electron chi connectivity index (χ3n) is 4.21. The molecule has 1 heterocycles. The molecule has 1 aliphatic rings. The molecule has 2 rings (SSSR count). The van der Waals surface area contributed by atoms with E-state index in [1.54, 1.807) is 0 Å². The standard InChI is InChI=1S/C18H30N4/c1-14(2)12-20-18(19)21-13-16-4-6-17(7-5-16)22-10-8-15(3)9-11-22/h4-7,14-15H,8-13H2,1-3H3,(H3,19,20,21). The molecule has 0 spiro atoms. The van der Waals surface area contributed by atoms with E-state index in [2.05, 4.69) is 60.2 Å². The zero-order chi connectivity index (χ0) is 15.9. The summed E-state index contributed by atoms with van der Waals surface area (Å²) >= 11 is 0. The van der Waals surface area contributed by atoms with Gasteiger partial charge in [0.25, 0.3) is 0 Å². The fourth-order valence-electron chi connectivity index (χ4n) is 2.62. The van der Waals surface area contributed by atoms with Crippen molar-refractivity contribution in [3.05, 3.63) is 29.8 Å². The number of nitrogens with zero attached hydrogens (tertiary/aromatic N) is 2. The zero-order valence-electron chi connectivity index (χ0n) is 14.2. The van der Waals surface area contributed by atoms with Crippen molar-refractivity contribution in [2.45, 2.75) is 40.2 Å². The second kappa shape index (κ2) is 8.06. The van der Waals surface area contributed by atoms with Crippen molar-refractivity contribution in [1.29, 1.82) is 0 Å². The zero-order valence-corrected chi connectivity index (χ0v) is 14.2. The van der Waals surface area contributed by atoms with Gasteiger partial charge in [-0.3, -0.25) is 0 Å². The molecule has 1 aromatic rings. The molecule has 0 saturated carbocycles. The highest BCUT2D eigenvalue weighted by atomic mass is 15.1. The number of guanidine groups is 1. The van der Waals surface area contributed by atoms with E-state index in [4.69, 9.17) is 5.73 Å². The van der Waals surface area contributed by atoms with Crippen molar-refractivity contribution in [1.82, 2.24) is 5.32 Å². The molecule has 22 heavy (non-hydrogen) atoms. The van der Waals surface area contributed by atoms with E-state index >= 15 is 0 Å². The molecule has 0 amide bonds. The van der Waals surface area contributed by atoms with Crippen LogP contribution in [-0.4, -0.2) is 25.6 Å². The van der Waals surface area contributed by atoms with Crippen LogP contribution in [0.4, 0.5) is 5.69 Å². The van der Waals surface area contributed by atoms with Crippen molar-refractivity contribution in [3.8, 4) is 0 Å². The minimum Gasteiger partial charge on any atom is -0.372 e. The van der Waals surface area contributed by atoms with E-state index in [1.165, 1.54) is 37.2 Å². The van der Waals surface area contributed by atoms with E-state index in [9.17, 15) is 0 Å². The smallest absolute Gasteiger partial charge is 0.188 e. The van der Waals surface area contributed by atoms with Crippen molar-refractivity contribution in [2.75, 3.05) is 24.5 Å². The van der Waals surface area contributed by atoms with Crippen LogP contribution in [0.3, 0.4) is 0 Å². The second-order valence-electron chi connectivity index (χ2n) is 6.81. The summed E-state index contributed by atoms with van der Waals surface area (Å²) in [5, 5.41) is 3.14. The maximum atomic E-state index is 5.86. The SMILES string of the molecule is CC(C)CNC(N)=NCc1ccc(N2CCC(C)CC2)cc1. The molecule has 0 radical (unpaired) electrons. The molecule has 0 atom stereocenters. The average Bonchev–Trinajstić information content (AvgIpc) is 2.52. The lowest BCUT2D eigenvalue weighted by molar-refractivity contribution is 0.438. The van der Waals surface area contributed by atoms with E-state index in [-0.39, 0.29) is 0 Å². The summed E-state index contributed by atoms with van der Waals surface area (Å²) in [5.41, 5.74) is 8.38. The minimum absolute atomic E-state index is 0.530. The molecule has 3 N–H and O–H groups in total. The largest absolute Gasteiger partial charge is 0.372 e. The van der Waals surface area contributed by atoms with Gasteiger partial charge in [0.05, 0.1) is 6.54 Å². The van der Waals surface area contributed by atoms with Crippen LogP contribution >= 0.6 is 0 Å². The molecule has 1 saturated heterocycles. The van der Waals surface area contributed by atoms with E-state index in [0.29, 0.717) is 18.4 Å². The molecule has 4 nitrogen and oxygen atoms in total. The molecule has 1 aromatic carbocycles. The Kier molecular flexibility index (Phi) is 6.10. The van der Waals surface area contributed by atoms with Gasteiger partial charge in [-0.25, -0.2) is 4.99 Å². The summed E-state index contributed by atoms with van der Waals surface area (Å²) in [6.07, 6.45) is 2.59. The molecular weight excluding hydrogens is 272 g/mol. The van der Waals surface area contributed by atoms with E-state index in [0.717, 1.165) is 12.5 Å². The fraction of sp³-hybridized carbons (Fsp3) is 0.611. The highest BCUT2D eigenvalue weighted by molar-refractivity contribution is 5.77. The maximum absolute atomic E-state index is 5.86. The molecule has 0 aliphatic carbocycles. The minimum atomic E-state index is 0.530. The number of aliphatic imine (C=N–C) groups is 1. The van der Waals surface area contributed by atoms with E-state index in [1.807, 2.05) is 0 Å². The van der Waals surface area contributed by atoms with Gasteiger partial charge in [0, 0.05) is 25.3 Å². The molecular formula is C18H30N4. The Morgan fingerprint density at radius 3 is 2.50 bits per heavy atom. The van der Waals surface area contributed by atoms with Crippen LogP contribution in [-0.2, 0) is 6.54 Å². The Bertz CT molecular complexity index is 470. The third kappa shape index (κ3) is 5.24. The Balaban J connectivity index is 1.85. The van der Waals surface area contributed by atoms with Gasteiger partial charge in [-0.2, -0.15) is 0 Å². The first kappa shape index (κ1) is 16.7. The highest BCUT2D eigenvalue weighted by Crippen LogP contribution is 2.23. The molecule has 0 unspecified atom stereocenters. The quantitative estimate of drug-likeness (QED) is 0.649. The Morgan fingerprint density at radius 1 is 1.27 bits per heavy atom. The number of piperidine rings is 1. The number of nitrogens with one attached hydrogen (secondary N) is 1. The summed E-state index contributed by atoms with van der Waals surface area (Å²) in [4.78, 5) is 6.87. The number of rotatable bonds is 5. The molecule has 1 fully saturated rings. The van der Waals surface area contributed by atoms with Gasteiger partial charge in [0.1, 0.15) is 0 Å². The molecule has 0 aromatic heterocycles. The summed E-state index contributed by atoms with van der Waals surface area (Å²) in [6, 6.07) is 8.73. The predicted molar refractivity (Wildman–Crippen MR) is 95.2 cm³/mol. The van der Waals surface area contributed by atoms with Crippen molar-refractivity contribution in [2.24, 2.45) is 22.6 Å². The first-order valence-corrected chi connectivity index (χ1v) is 8.42. The monoisotopic (exact) mass is 302 g/mol. The summed E-state index contributed by atoms with van der Waals surface area (Å²) < 4.78 is 0. The molecule has 1 aliphatic heterocycles. The number of hydrogen-bond acceptors (Lipinski definition) is 2. The molecule has 0 bridgehead atoms. The molecule has 122 valence electrons. The van der Waals surface area contributed by atoms with Crippen LogP contribution in [0.25, 0.3) is 0 Å². The van der Waals surface area contributed by atoms with E-state index < -0.39 is 0 Å². The van der Waals surface area contributed by atoms with Crippen LogP contribution in [0.15, 0.2) is 29.3 Å². The van der Waals surface area contributed by atoms with Crippen LogP contribution in [0.5, 0.6) is 0 Å². The summed E-state index contributed by atoms with van der Waals surface area (Å²) in [7, 11) is 0. The van der Waals surface area contributed by atoms with Gasteiger partial charge in [-0.15, -0.1) is 0 Å². The van der Waals surface area contributed by atoms with Crippen LogP contribution in [0.2, 0.25) is 0 Å². The Labute approximate surface area is 134 Å². The average molecular weight is 302 g/mol. The Hall–Kier alpha value is -1.71. The Morgan fingerprint density at radius 2 is 1.91 bits per heavy atom. The highest BCUT2D eigenvalue weighted by Gasteiger charge is 2.15. The number of hydrogen-bond donors (Lipinski definition) is 2. The second-order valence-corrected chi connectivity index (χ2v) is 6.81. The number of nitrogens with two attached hydrogens (primary N) is 1. The van der Waals surface area contributed by atoms with Gasteiger partial charge in [0.15, 0.2) is 5.96 Å². The van der Waals surface area contributed by atoms with Crippen LogP contribution in [0, 0.1) is 11.8 Å². The van der Waals surface area contributed by atoms with Gasteiger partial charge in [-0.05, 0) is 42.4 Å². The van der Waals surface area contributed by atoms with Crippen LogP contribution < -0.4 is 16.0 Å². The summed E-state index contributed by atoms with van der Waals surface area (Å²) in [5.74, 6) is 1.97. The topological polar surface area (TPSA) is 53.6 Å². The van der Waals surface area contributed by atoms with Gasteiger partial charge < -0.3 is 16.0 Å². The lowest BCUT2D eigenvalue weighted by Crippen LogP contribution is -2.34. The molecule has 4 heteroatoms. The first-order valence-electron chi connectivity index (χ1n) is 8.42. The van der Waals surface area contributed by atoms with Gasteiger partial charge in [-0.1, -0.05) is 32.9 Å². The fourth-order valence-corrected chi connectivity index (χ4v) is 2.62. The predicted octanol–water partition coefficient (Wildman–Crippen LogP) is 2.98. The van der Waals surface area contributed by atoms with Crippen LogP contribution in [0.1, 0.15) is 39.2 Å². The number of benzene rings is 1. The lowest BCUT2D eigenvalue weighted by Gasteiger charge is -2.32. The first-order chi connectivity index (χ1) is 10.5. The van der Waals surface area contributed by atoms with Crippen molar-refractivity contribution >= 4 is 11.6 Å². The van der Waals surface area contributed by atoms with Gasteiger partial charge >= 0.3 is 0 Å². The maximum Gasteiger partial charge on any atom is 0.188 e. The van der Waals surface area contributed by atoms with Crippen molar-refractivity contribution in [3.63, 3.8) is 0 Å². The normalized spacial score (nSPS) is 17.1.